The third-order valence-corrected chi connectivity index (χ3v) is 2.61. The third kappa shape index (κ3) is 2.30. The monoisotopic (exact) mass is 222 g/mol. The molecule has 1 N–H and O–H groups in total. The second-order valence-corrected chi connectivity index (χ2v) is 3.89. The lowest BCUT2D eigenvalue weighted by Gasteiger charge is -2.04. The van der Waals surface area contributed by atoms with Gasteiger partial charge in [-0.05, 0) is 24.1 Å². The predicted octanol–water partition coefficient (Wildman–Crippen LogP) is 2.60. The molecule has 0 saturated heterocycles. The number of hydrogen-bond donors (Lipinski definition) is 1. The molecule has 0 unspecified atom stereocenters. The molecular weight excluding hydrogens is 212 g/mol. The van der Waals surface area contributed by atoms with Crippen LogP contribution in [0.2, 0.25) is 5.02 Å². The van der Waals surface area contributed by atoms with Crippen molar-refractivity contribution < 1.29 is 5.11 Å². The predicted molar refractivity (Wildman–Crippen MR) is 59.2 cm³/mol. The highest BCUT2D eigenvalue weighted by molar-refractivity contribution is 6.31. The van der Waals surface area contributed by atoms with Gasteiger partial charge in [0.05, 0.1) is 18.9 Å². The Bertz CT molecular complexity index is 479. The van der Waals surface area contributed by atoms with Crippen molar-refractivity contribution >= 4 is 11.6 Å². The van der Waals surface area contributed by atoms with Crippen molar-refractivity contribution in [1.29, 1.82) is 0 Å². The summed E-state index contributed by atoms with van der Waals surface area (Å²) in [4.78, 5) is 0. The fraction of sp³-hybridized carbons (Fsp3) is 0.182. The minimum Gasteiger partial charge on any atom is -0.505 e. The van der Waals surface area contributed by atoms with E-state index in [1.54, 1.807) is 10.9 Å². The summed E-state index contributed by atoms with van der Waals surface area (Å²) in [5.74, 6) is 0.181. The summed E-state index contributed by atoms with van der Waals surface area (Å²) in [5, 5.41) is 13.9. The topological polar surface area (TPSA) is 38.0 Å². The van der Waals surface area contributed by atoms with Crippen molar-refractivity contribution in [1.82, 2.24) is 9.78 Å². The van der Waals surface area contributed by atoms with E-state index in [0.717, 1.165) is 16.1 Å². The van der Waals surface area contributed by atoms with Gasteiger partial charge in [0.1, 0.15) is 0 Å². The second-order valence-electron chi connectivity index (χ2n) is 3.48. The van der Waals surface area contributed by atoms with E-state index >= 15 is 0 Å². The maximum atomic E-state index is 9.13. The van der Waals surface area contributed by atoms with E-state index in [2.05, 4.69) is 5.10 Å². The van der Waals surface area contributed by atoms with Gasteiger partial charge in [0.25, 0.3) is 0 Å². The van der Waals surface area contributed by atoms with Crippen LogP contribution in [0.15, 0.2) is 30.6 Å². The summed E-state index contributed by atoms with van der Waals surface area (Å²) < 4.78 is 1.68. The molecular formula is C11H11ClN2O. The molecule has 0 aliphatic rings. The SMILES string of the molecule is Cc1cc(Cn2cc(O)cn2)ccc1Cl. The van der Waals surface area contributed by atoms with Gasteiger partial charge in [0, 0.05) is 5.02 Å². The number of nitrogens with zero attached hydrogens (tertiary/aromatic N) is 2. The zero-order valence-corrected chi connectivity index (χ0v) is 9.07. The zero-order chi connectivity index (χ0) is 10.8. The third-order valence-electron chi connectivity index (χ3n) is 2.19. The molecule has 0 fully saturated rings. The molecule has 1 heterocycles. The van der Waals surface area contributed by atoms with Gasteiger partial charge in [-0.15, -0.1) is 0 Å². The van der Waals surface area contributed by atoms with Crippen LogP contribution in [0, 0.1) is 6.92 Å². The highest BCUT2D eigenvalue weighted by atomic mass is 35.5. The Hall–Kier alpha value is -1.48. The van der Waals surface area contributed by atoms with Crippen LogP contribution in [0.4, 0.5) is 0 Å². The Morgan fingerprint density at radius 3 is 2.87 bits per heavy atom. The fourth-order valence-corrected chi connectivity index (χ4v) is 1.55. The quantitative estimate of drug-likeness (QED) is 0.848. The van der Waals surface area contributed by atoms with Crippen molar-refractivity contribution in [3.8, 4) is 5.75 Å². The van der Waals surface area contributed by atoms with Crippen molar-refractivity contribution in [2.24, 2.45) is 0 Å². The molecule has 78 valence electrons. The van der Waals surface area contributed by atoms with E-state index in [1.165, 1.54) is 6.20 Å². The largest absolute Gasteiger partial charge is 0.505 e. The summed E-state index contributed by atoms with van der Waals surface area (Å²) in [6.07, 6.45) is 3.01. The van der Waals surface area contributed by atoms with Crippen LogP contribution in [0.25, 0.3) is 0 Å². The molecule has 15 heavy (non-hydrogen) atoms. The summed E-state index contributed by atoms with van der Waals surface area (Å²) in [5.41, 5.74) is 2.16. The van der Waals surface area contributed by atoms with Crippen LogP contribution in [-0.4, -0.2) is 14.9 Å². The first-order valence-corrected chi connectivity index (χ1v) is 4.99. The van der Waals surface area contributed by atoms with Crippen LogP contribution < -0.4 is 0 Å². The average molecular weight is 223 g/mol. The number of aromatic nitrogens is 2. The van der Waals surface area contributed by atoms with Crippen molar-refractivity contribution in [3.05, 3.63) is 46.7 Å². The van der Waals surface area contributed by atoms with Crippen LogP contribution in [0.1, 0.15) is 11.1 Å². The Labute approximate surface area is 92.9 Å². The maximum absolute atomic E-state index is 9.13. The Morgan fingerprint density at radius 1 is 1.47 bits per heavy atom. The van der Waals surface area contributed by atoms with Crippen molar-refractivity contribution in [2.75, 3.05) is 0 Å². The Balaban J connectivity index is 2.21. The number of aryl methyl sites for hydroxylation is 1. The lowest BCUT2D eigenvalue weighted by Crippen LogP contribution is -1.99. The lowest BCUT2D eigenvalue weighted by molar-refractivity contribution is 0.474. The Morgan fingerprint density at radius 2 is 2.27 bits per heavy atom. The number of hydrogen-bond acceptors (Lipinski definition) is 2. The molecule has 3 nitrogen and oxygen atoms in total. The van der Waals surface area contributed by atoms with Gasteiger partial charge in [-0.2, -0.15) is 5.10 Å². The average Bonchev–Trinajstić information content (AvgIpc) is 2.58. The molecule has 0 aliphatic heterocycles. The van der Waals surface area contributed by atoms with Gasteiger partial charge in [0.15, 0.2) is 5.75 Å². The van der Waals surface area contributed by atoms with E-state index < -0.39 is 0 Å². The molecule has 4 heteroatoms. The molecule has 0 bridgehead atoms. The second kappa shape index (κ2) is 3.95. The van der Waals surface area contributed by atoms with E-state index in [-0.39, 0.29) is 5.75 Å². The molecule has 1 aromatic carbocycles. The van der Waals surface area contributed by atoms with Crippen LogP contribution in [-0.2, 0) is 6.54 Å². The fourth-order valence-electron chi connectivity index (χ4n) is 1.43. The van der Waals surface area contributed by atoms with E-state index in [9.17, 15) is 0 Å². The van der Waals surface area contributed by atoms with Gasteiger partial charge in [-0.25, -0.2) is 0 Å². The number of aromatic hydroxyl groups is 1. The molecule has 0 saturated carbocycles. The molecule has 0 atom stereocenters. The number of benzene rings is 1. The minimum absolute atomic E-state index is 0.181. The van der Waals surface area contributed by atoms with Crippen LogP contribution >= 0.6 is 11.6 Å². The summed E-state index contributed by atoms with van der Waals surface area (Å²) in [6, 6.07) is 5.84. The highest BCUT2D eigenvalue weighted by Gasteiger charge is 2.00. The minimum atomic E-state index is 0.181. The zero-order valence-electron chi connectivity index (χ0n) is 8.31. The first-order valence-electron chi connectivity index (χ1n) is 4.61. The molecule has 0 radical (unpaired) electrons. The normalized spacial score (nSPS) is 10.5. The molecule has 2 rings (SSSR count). The van der Waals surface area contributed by atoms with Gasteiger partial charge in [-0.3, -0.25) is 4.68 Å². The summed E-state index contributed by atoms with van der Waals surface area (Å²) in [7, 11) is 0. The highest BCUT2D eigenvalue weighted by Crippen LogP contribution is 2.17. The van der Waals surface area contributed by atoms with E-state index in [4.69, 9.17) is 16.7 Å². The van der Waals surface area contributed by atoms with Gasteiger partial charge >= 0.3 is 0 Å². The molecule has 0 amide bonds. The smallest absolute Gasteiger partial charge is 0.153 e. The molecule has 0 spiro atoms. The Kier molecular flexibility index (Phi) is 2.64. The number of halogens is 1. The van der Waals surface area contributed by atoms with Crippen LogP contribution in [0.5, 0.6) is 5.75 Å². The van der Waals surface area contributed by atoms with Gasteiger partial charge in [-0.1, -0.05) is 23.7 Å². The van der Waals surface area contributed by atoms with E-state index in [1.807, 2.05) is 25.1 Å². The van der Waals surface area contributed by atoms with Crippen molar-refractivity contribution in [3.63, 3.8) is 0 Å². The molecule has 0 aliphatic carbocycles. The summed E-state index contributed by atoms with van der Waals surface area (Å²) >= 11 is 5.93. The van der Waals surface area contributed by atoms with Gasteiger partial charge < -0.3 is 5.11 Å². The van der Waals surface area contributed by atoms with E-state index in [0.29, 0.717) is 6.54 Å². The molecule has 2 aromatic rings. The standard InChI is InChI=1S/C11H11ClN2O/c1-8-4-9(2-3-11(8)12)6-14-7-10(15)5-13-14/h2-5,7,15H,6H2,1H3. The molecule has 1 aromatic heterocycles. The maximum Gasteiger partial charge on any atom is 0.153 e. The van der Waals surface area contributed by atoms with Crippen molar-refractivity contribution in [2.45, 2.75) is 13.5 Å². The lowest BCUT2D eigenvalue weighted by atomic mass is 10.1. The van der Waals surface area contributed by atoms with Gasteiger partial charge in [0.2, 0.25) is 0 Å². The summed E-state index contributed by atoms with van der Waals surface area (Å²) in [6.45, 7) is 2.60. The first kappa shape index (κ1) is 10.1. The number of rotatable bonds is 2. The first-order chi connectivity index (χ1) is 7.15. The van der Waals surface area contributed by atoms with Crippen LogP contribution in [0.3, 0.4) is 0 Å².